The molecule has 0 saturated heterocycles. The fraction of sp³-hybridized carbons (Fsp3) is 0.600. The van der Waals surface area contributed by atoms with Gasteiger partial charge in [0.05, 0.1) is 4.90 Å². The molecule has 1 aromatic rings. The molecule has 0 spiro atoms. The summed E-state index contributed by atoms with van der Waals surface area (Å²) in [5, 5.41) is 3.38. The van der Waals surface area contributed by atoms with Crippen LogP contribution in [0.4, 0.5) is 5.69 Å². The summed E-state index contributed by atoms with van der Waals surface area (Å²) in [6.45, 7) is 8.91. The molecule has 0 bridgehead atoms. The number of hydrogen-bond donors (Lipinski definition) is 2. The molecule has 2 N–H and O–H groups in total. The van der Waals surface area contributed by atoms with Crippen molar-refractivity contribution in [2.45, 2.75) is 51.5 Å². The highest BCUT2D eigenvalue weighted by Gasteiger charge is 2.12. The van der Waals surface area contributed by atoms with Gasteiger partial charge in [-0.2, -0.15) is 0 Å². The van der Waals surface area contributed by atoms with Gasteiger partial charge in [-0.25, -0.2) is 13.1 Å². The Kier molecular flexibility index (Phi) is 6.49. The number of anilines is 1. The molecule has 0 heterocycles. The van der Waals surface area contributed by atoms with E-state index in [4.69, 9.17) is 0 Å². The summed E-state index contributed by atoms with van der Waals surface area (Å²) in [6.07, 6.45) is 1.86. The second-order valence-electron chi connectivity index (χ2n) is 5.60. The van der Waals surface area contributed by atoms with E-state index >= 15 is 0 Å². The van der Waals surface area contributed by atoms with Gasteiger partial charge in [0, 0.05) is 18.3 Å². The Morgan fingerprint density at radius 3 is 2.20 bits per heavy atom. The van der Waals surface area contributed by atoms with E-state index in [2.05, 4.69) is 30.8 Å². The summed E-state index contributed by atoms with van der Waals surface area (Å²) in [5.74, 6) is 0.635. The number of nitrogens with one attached hydrogen (secondary N) is 2. The third-order valence-corrected chi connectivity index (χ3v) is 4.42. The molecule has 20 heavy (non-hydrogen) atoms. The van der Waals surface area contributed by atoms with E-state index in [1.807, 2.05) is 19.1 Å². The minimum Gasteiger partial charge on any atom is -0.383 e. The first kappa shape index (κ1) is 17.0. The van der Waals surface area contributed by atoms with Crippen LogP contribution in [-0.4, -0.2) is 21.0 Å². The molecule has 114 valence electrons. The predicted molar refractivity (Wildman–Crippen MR) is 84.5 cm³/mol. The molecule has 0 aromatic heterocycles. The molecule has 5 heteroatoms. The number of benzene rings is 1. The summed E-state index contributed by atoms with van der Waals surface area (Å²) in [7, 11) is -3.36. The third-order valence-electron chi connectivity index (χ3n) is 2.94. The van der Waals surface area contributed by atoms with Gasteiger partial charge < -0.3 is 5.32 Å². The molecule has 0 aliphatic carbocycles. The zero-order valence-electron chi connectivity index (χ0n) is 12.8. The maximum absolute atomic E-state index is 11.9. The molecule has 1 atom stereocenters. The minimum absolute atomic E-state index is 0.313. The van der Waals surface area contributed by atoms with Crippen molar-refractivity contribution in [3.8, 4) is 0 Å². The molecule has 0 radical (unpaired) electrons. The summed E-state index contributed by atoms with van der Waals surface area (Å²) in [6, 6.07) is 7.29. The van der Waals surface area contributed by atoms with Crippen LogP contribution in [0.1, 0.15) is 40.5 Å². The summed E-state index contributed by atoms with van der Waals surface area (Å²) >= 11 is 0. The second-order valence-corrected chi connectivity index (χ2v) is 7.36. The summed E-state index contributed by atoms with van der Waals surface area (Å²) in [5.41, 5.74) is 0.951. The number of rotatable bonds is 8. The van der Waals surface area contributed by atoms with E-state index in [9.17, 15) is 8.42 Å². The van der Waals surface area contributed by atoms with Crippen molar-refractivity contribution in [2.24, 2.45) is 5.92 Å². The van der Waals surface area contributed by atoms with E-state index in [-0.39, 0.29) is 0 Å². The van der Waals surface area contributed by atoms with Gasteiger partial charge in [-0.15, -0.1) is 0 Å². The molecular formula is C15H26N2O2S. The van der Waals surface area contributed by atoms with Crippen LogP contribution in [0, 0.1) is 5.92 Å². The fourth-order valence-corrected chi connectivity index (χ4v) is 3.23. The van der Waals surface area contributed by atoms with E-state index in [0.29, 0.717) is 23.4 Å². The second kappa shape index (κ2) is 7.64. The fourth-order valence-electron chi connectivity index (χ4n) is 2.10. The normalized spacial score (nSPS) is 13.4. The average Bonchev–Trinajstić information content (AvgIpc) is 2.36. The Balaban J connectivity index is 2.69. The first-order valence-electron chi connectivity index (χ1n) is 7.21. The Morgan fingerprint density at radius 1 is 1.10 bits per heavy atom. The van der Waals surface area contributed by atoms with Crippen LogP contribution in [0.3, 0.4) is 0 Å². The van der Waals surface area contributed by atoms with Crippen molar-refractivity contribution in [1.29, 1.82) is 0 Å². The van der Waals surface area contributed by atoms with Crippen molar-refractivity contribution in [1.82, 2.24) is 4.72 Å². The molecule has 4 nitrogen and oxygen atoms in total. The number of hydrogen-bond acceptors (Lipinski definition) is 3. The van der Waals surface area contributed by atoms with Gasteiger partial charge >= 0.3 is 0 Å². The van der Waals surface area contributed by atoms with Gasteiger partial charge in [0.25, 0.3) is 0 Å². The van der Waals surface area contributed by atoms with E-state index < -0.39 is 10.0 Å². The van der Waals surface area contributed by atoms with Crippen LogP contribution >= 0.6 is 0 Å². The molecule has 0 amide bonds. The smallest absolute Gasteiger partial charge is 0.240 e. The van der Waals surface area contributed by atoms with Crippen LogP contribution < -0.4 is 10.0 Å². The van der Waals surface area contributed by atoms with E-state index in [1.54, 1.807) is 12.1 Å². The lowest BCUT2D eigenvalue weighted by molar-refractivity contribution is 0.540. The van der Waals surface area contributed by atoms with Crippen molar-refractivity contribution in [3.63, 3.8) is 0 Å². The first-order valence-corrected chi connectivity index (χ1v) is 8.69. The van der Waals surface area contributed by atoms with Gasteiger partial charge in [0.1, 0.15) is 0 Å². The van der Waals surface area contributed by atoms with Crippen LogP contribution in [0.25, 0.3) is 0 Å². The minimum atomic E-state index is -3.36. The SMILES string of the molecule is CCCNS(=O)(=O)c1ccc(NC(C)CC(C)C)cc1. The van der Waals surface area contributed by atoms with Crippen LogP contribution in [0.2, 0.25) is 0 Å². The van der Waals surface area contributed by atoms with Crippen molar-refractivity contribution in [3.05, 3.63) is 24.3 Å². The van der Waals surface area contributed by atoms with Crippen LogP contribution in [-0.2, 0) is 10.0 Å². The van der Waals surface area contributed by atoms with Gasteiger partial charge in [-0.3, -0.25) is 0 Å². The van der Waals surface area contributed by atoms with Gasteiger partial charge in [-0.05, 0) is 49.9 Å². The van der Waals surface area contributed by atoms with Crippen molar-refractivity contribution < 1.29 is 8.42 Å². The lowest BCUT2D eigenvalue weighted by Crippen LogP contribution is -2.24. The molecular weight excluding hydrogens is 272 g/mol. The van der Waals surface area contributed by atoms with Crippen molar-refractivity contribution in [2.75, 3.05) is 11.9 Å². The van der Waals surface area contributed by atoms with Gasteiger partial charge in [-0.1, -0.05) is 20.8 Å². The molecule has 0 aliphatic heterocycles. The van der Waals surface area contributed by atoms with Gasteiger partial charge in [0.2, 0.25) is 10.0 Å². The van der Waals surface area contributed by atoms with E-state index in [1.165, 1.54) is 0 Å². The quantitative estimate of drug-likeness (QED) is 0.774. The molecule has 0 fully saturated rings. The summed E-state index contributed by atoms with van der Waals surface area (Å²) < 4.78 is 26.4. The Hall–Kier alpha value is -1.07. The first-order chi connectivity index (χ1) is 9.35. The Bertz CT molecular complexity index is 495. The Labute approximate surface area is 123 Å². The third kappa shape index (κ3) is 5.51. The number of sulfonamides is 1. The highest BCUT2D eigenvalue weighted by molar-refractivity contribution is 7.89. The Morgan fingerprint density at radius 2 is 1.70 bits per heavy atom. The van der Waals surface area contributed by atoms with Gasteiger partial charge in [0.15, 0.2) is 0 Å². The largest absolute Gasteiger partial charge is 0.383 e. The van der Waals surface area contributed by atoms with Crippen LogP contribution in [0.15, 0.2) is 29.2 Å². The highest BCUT2D eigenvalue weighted by atomic mass is 32.2. The maximum atomic E-state index is 11.9. The maximum Gasteiger partial charge on any atom is 0.240 e. The molecule has 1 unspecified atom stereocenters. The molecule has 1 rings (SSSR count). The van der Waals surface area contributed by atoms with Crippen LogP contribution in [0.5, 0.6) is 0 Å². The zero-order valence-corrected chi connectivity index (χ0v) is 13.6. The highest BCUT2D eigenvalue weighted by Crippen LogP contribution is 2.16. The average molecular weight is 298 g/mol. The monoisotopic (exact) mass is 298 g/mol. The lowest BCUT2D eigenvalue weighted by atomic mass is 10.1. The molecule has 0 saturated carbocycles. The van der Waals surface area contributed by atoms with Crippen molar-refractivity contribution >= 4 is 15.7 Å². The molecule has 0 aliphatic rings. The standard InChI is InChI=1S/C15H26N2O2S/c1-5-10-16-20(18,19)15-8-6-14(7-9-15)17-13(4)11-12(2)3/h6-9,12-13,16-17H,5,10-11H2,1-4H3. The van der Waals surface area contributed by atoms with E-state index in [0.717, 1.165) is 18.5 Å². The predicted octanol–water partition coefficient (Wildman–Crippen LogP) is 3.22. The summed E-state index contributed by atoms with van der Waals surface area (Å²) in [4.78, 5) is 0.313. The zero-order chi connectivity index (χ0) is 15.2. The molecule has 1 aromatic carbocycles. The lowest BCUT2D eigenvalue weighted by Gasteiger charge is -2.17. The topological polar surface area (TPSA) is 58.2 Å².